The molecule has 0 aliphatic rings. The highest BCUT2D eigenvalue weighted by molar-refractivity contribution is 5.85. The SMILES string of the molecule is Nc1cc2oc(=O)[nH]c2cc1NCc1cnc[nH]1. The molecule has 3 aromatic rings. The van der Waals surface area contributed by atoms with Gasteiger partial charge in [-0.1, -0.05) is 0 Å². The first-order valence-electron chi connectivity index (χ1n) is 5.36. The van der Waals surface area contributed by atoms with Gasteiger partial charge in [0.1, 0.15) is 0 Å². The van der Waals surface area contributed by atoms with Crippen molar-refractivity contribution in [3.8, 4) is 0 Å². The van der Waals surface area contributed by atoms with Crippen LogP contribution >= 0.6 is 0 Å². The van der Waals surface area contributed by atoms with Crippen LogP contribution in [0, 0.1) is 0 Å². The van der Waals surface area contributed by atoms with E-state index in [1.54, 1.807) is 24.7 Å². The second kappa shape index (κ2) is 3.95. The maximum Gasteiger partial charge on any atom is 0.417 e. The average molecular weight is 245 g/mol. The lowest BCUT2D eigenvalue weighted by molar-refractivity contribution is 0.555. The first kappa shape index (κ1) is 10.5. The second-order valence-electron chi connectivity index (χ2n) is 3.88. The number of anilines is 2. The Morgan fingerprint density at radius 1 is 1.44 bits per heavy atom. The molecule has 0 aliphatic carbocycles. The zero-order valence-electron chi connectivity index (χ0n) is 9.36. The van der Waals surface area contributed by atoms with Crippen LogP contribution in [0.3, 0.4) is 0 Å². The quantitative estimate of drug-likeness (QED) is 0.515. The van der Waals surface area contributed by atoms with Crippen LogP contribution in [0.15, 0.2) is 33.9 Å². The maximum atomic E-state index is 11.1. The second-order valence-corrected chi connectivity index (χ2v) is 3.88. The van der Waals surface area contributed by atoms with Gasteiger partial charge in [-0.3, -0.25) is 4.98 Å². The summed E-state index contributed by atoms with van der Waals surface area (Å²) in [5, 5.41) is 3.16. The van der Waals surface area contributed by atoms with Crippen LogP contribution < -0.4 is 16.8 Å². The summed E-state index contributed by atoms with van der Waals surface area (Å²) in [4.78, 5) is 20.5. The number of nitrogens with one attached hydrogen (secondary N) is 3. The van der Waals surface area contributed by atoms with E-state index in [1.165, 1.54) is 0 Å². The summed E-state index contributed by atoms with van der Waals surface area (Å²) in [6.45, 7) is 0.567. The Labute approximate surface area is 101 Å². The number of oxazole rings is 1. The summed E-state index contributed by atoms with van der Waals surface area (Å²) in [6, 6.07) is 3.36. The van der Waals surface area contributed by atoms with Crippen molar-refractivity contribution in [2.45, 2.75) is 6.54 Å². The van der Waals surface area contributed by atoms with E-state index in [4.69, 9.17) is 10.2 Å². The Hall–Kier alpha value is -2.70. The van der Waals surface area contributed by atoms with Crippen molar-refractivity contribution in [3.05, 3.63) is 40.9 Å². The lowest BCUT2D eigenvalue weighted by Gasteiger charge is -2.07. The third-order valence-electron chi connectivity index (χ3n) is 2.62. The number of benzene rings is 1. The van der Waals surface area contributed by atoms with E-state index in [-0.39, 0.29) is 0 Å². The minimum absolute atomic E-state index is 0.449. The maximum absolute atomic E-state index is 11.1. The molecule has 0 saturated carbocycles. The molecule has 0 bridgehead atoms. The molecule has 0 unspecified atom stereocenters. The molecule has 7 nitrogen and oxygen atoms in total. The molecule has 0 radical (unpaired) electrons. The fourth-order valence-electron chi connectivity index (χ4n) is 1.74. The van der Waals surface area contributed by atoms with Crippen LogP contribution in [-0.4, -0.2) is 15.0 Å². The smallest absolute Gasteiger partial charge is 0.408 e. The number of hydrogen-bond donors (Lipinski definition) is 4. The van der Waals surface area contributed by atoms with Gasteiger partial charge in [-0.25, -0.2) is 9.78 Å². The first-order chi connectivity index (χ1) is 8.72. The van der Waals surface area contributed by atoms with Gasteiger partial charge in [0.25, 0.3) is 0 Å². The van der Waals surface area contributed by atoms with Gasteiger partial charge >= 0.3 is 5.76 Å². The summed E-state index contributed by atoms with van der Waals surface area (Å²) < 4.78 is 4.92. The molecule has 0 fully saturated rings. The molecule has 7 heteroatoms. The summed E-state index contributed by atoms with van der Waals surface area (Å²) >= 11 is 0. The van der Waals surface area contributed by atoms with E-state index in [1.807, 2.05) is 0 Å². The third-order valence-corrected chi connectivity index (χ3v) is 2.62. The van der Waals surface area contributed by atoms with Crippen molar-refractivity contribution >= 4 is 22.5 Å². The largest absolute Gasteiger partial charge is 0.417 e. The highest BCUT2D eigenvalue weighted by atomic mass is 16.4. The Morgan fingerprint density at radius 3 is 3.11 bits per heavy atom. The van der Waals surface area contributed by atoms with Crippen LogP contribution in [0.25, 0.3) is 11.1 Å². The first-order valence-corrected chi connectivity index (χ1v) is 5.36. The highest BCUT2D eigenvalue weighted by Crippen LogP contribution is 2.24. The lowest BCUT2D eigenvalue weighted by atomic mass is 10.2. The van der Waals surface area contributed by atoms with Crippen molar-refractivity contribution in [2.24, 2.45) is 0 Å². The Balaban J connectivity index is 1.91. The monoisotopic (exact) mass is 245 g/mol. The van der Waals surface area contributed by atoms with Gasteiger partial charge in [0.05, 0.1) is 35.5 Å². The molecular formula is C11H11N5O2. The Kier molecular flexibility index (Phi) is 2.30. The van der Waals surface area contributed by atoms with Crippen LogP contribution in [0.5, 0.6) is 0 Å². The highest BCUT2D eigenvalue weighted by Gasteiger charge is 2.06. The van der Waals surface area contributed by atoms with Crippen molar-refractivity contribution in [3.63, 3.8) is 0 Å². The zero-order chi connectivity index (χ0) is 12.5. The summed E-state index contributed by atoms with van der Waals surface area (Å²) in [7, 11) is 0. The number of nitrogens with two attached hydrogens (primary N) is 1. The molecule has 0 amide bonds. The fraction of sp³-hybridized carbons (Fsp3) is 0.0909. The number of aromatic nitrogens is 3. The Bertz CT molecular complexity index is 726. The fourth-order valence-corrected chi connectivity index (χ4v) is 1.74. The van der Waals surface area contributed by atoms with Crippen molar-refractivity contribution in [1.82, 2.24) is 15.0 Å². The van der Waals surface area contributed by atoms with Gasteiger partial charge in [-0.05, 0) is 6.07 Å². The van der Waals surface area contributed by atoms with Crippen LogP contribution in [0.2, 0.25) is 0 Å². The number of hydrogen-bond acceptors (Lipinski definition) is 5. The number of fused-ring (bicyclic) bond motifs is 1. The number of rotatable bonds is 3. The molecule has 0 saturated heterocycles. The Morgan fingerprint density at radius 2 is 2.33 bits per heavy atom. The van der Waals surface area contributed by atoms with E-state index in [0.717, 1.165) is 11.4 Å². The minimum Gasteiger partial charge on any atom is -0.408 e. The van der Waals surface area contributed by atoms with Gasteiger partial charge in [0, 0.05) is 12.3 Å². The third kappa shape index (κ3) is 1.81. The van der Waals surface area contributed by atoms with Crippen molar-refractivity contribution < 1.29 is 4.42 Å². The van der Waals surface area contributed by atoms with Gasteiger partial charge < -0.3 is 20.5 Å². The number of H-pyrrole nitrogens is 2. The van der Waals surface area contributed by atoms with E-state index in [9.17, 15) is 4.79 Å². The van der Waals surface area contributed by atoms with Gasteiger partial charge in [-0.15, -0.1) is 0 Å². The van der Waals surface area contributed by atoms with E-state index >= 15 is 0 Å². The normalized spacial score (nSPS) is 10.9. The van der Waals surface area contributed by atoms with Crippen LogP contribution in [0.1, 0.15) is 5.69 Å². The number of aromatic amines is 2. The van der Waals surface area contributed by atoms with E-state index in [0.29, 0.717) is 23.3 Å². The van der Waals surface area contributed by atoms with Crippen LogP contribution in [-0.2, 0) is 6.54 Å². The van der Waals surface area contributed by atoms with Crippen LogP contribution in [0.4, 0.5) is 11.4 Å². The lowest BCUT2D eigenvalue weighted by Crippen LogP contribution is -2.02. The van der Waals surface area contributed by atoms with Gasteiger partial charge in [0.2, 0.25) is 0 Å². The van der Waals surface area contributed by atoms with Gasteiger partial charge in [0.15, 0.2) is 5.58 Å². The summed E-state index contributed by atoms with van der Waals surface area (Å²) in [5.74, 6) is -0.491. The molecule has 0 spiro atoms. The molecule has 0 aliphatic heterocycles. The molecule has 2 heterocycles. The van der Waals surface area contributed by atoms with E-state index < -0.39 is 5.76 Å². The molecule has 2 aromatic heterocycles. The summed E-state index contributed by atoms with van der Waals surface area (Å²) in [5.41, 5.74) is 9.12. The summed E-state index contributed by atoms with van der Waals surface area (Å²) in [6.07, 6.45) is 3.33. The number of nitrogens with zero attached hydrogens (tertiary/aromatic N) is 1. The topological polar surface area (TPSA) is 113 Å². The van der Waals surface area contributed by atoms with Crippen molar-refractivity contribution in [2.75, 3.05) is 11.1 Å². The predicted octanol–water partition coefficient (Wildman–Crippen LogP) is 1.04. The minimum atomic E-state index is -0.491. The van der Waals surface area contributed by atoms with Gasteiger partial charge in [-0.2, -0.15) is 0 Å². The average Bonchev–Trinajstić information content (AvgIpc) is 2.94. The molecule has 18 heavy (non-hydrogen) atoms. The molecular weight excluding hydrogens is 234 g/mol. The van der Waals surface area contributed by atoms with Crippen molar-refractivity contribution in [1.29, 1.82) is 0 Å². The number of imidazole rings is 1. The molecule has 3 rings (SSSR count). The molecule has 1 aromatic carbocycles. The molecule has 0 atom stereocenters. The standard InChI is InChI=1S/C11H11N5O2/c12-7-1-10-9(16-11(17)18-10)2-8(7)14-4-6-3-13-5-15-6/h1-3,5,14H,4,12H2,(H,13,15)(H,16,17). The van der Waals surface area contributed by atoms with E-state index in [2.05, 4.69) is 20.3 Å². The zero-order valence-corrected chi connectivity index (χ0v) is 9.36. The molecule has 92 valence electrons. The predicted molar refractivity (Wildman–Crippen MR) is 67.2 cm³/mol. The number of nitrogen functional groups attached to an aromatic ring is 1. The molecule has 5 N–H and O–H groups in total.